The quantitative estimate of drug-likeness (QED) is 0.710. The van der Waals surface area contributed by atoms with Crippen LogP contribution in [-0.4, -0.2) is 22.3 Å². The van der Waals surface area contributed by atoms with Crippen LogP contribution in [-0.2, 0) is 16.1 Å². The van der Waals surface area contributed by atoms with Gasteiger partial charge in [0.2, 0.25) is 0 Å². The molecule has 6 nitrogen and oxygen atoms in total. The van der Waals surface area contributed by atoms with Gasteiger partial charge in [-0.15, -0.1) is 6.58 Å². The molecule has 0 aliphatic carbocycles. The Morgan fingerprint density at radius 2 is 1.92 bits per heavy atom. The predicted molar refractivity (Wildman–Crippen MR) is 96.5 cm³/mol. The highest BCUT2D eigenvalue weighted by atomic mass is 16.5. The van der Waals surface area contributed by atoms with E-state index in [-0.39, 0.29) is 6.61 Å². The first kappa shape index (κ1) is 18.6. The van der Waals surface area contributed by atoms with Gasteiger partial charge in [0.15, 0.2) is 6.23 Å². The van der Waals surface area contributed by atoms with E-state index in [4.69, 9.17) is 9.47 Å². The average molecular weight is 342 g/mol. The summed E-state index contributed by atoms with van der Waals surface area (Å²) in [5.74, 6) is 0. The van der Waals surface area contributed by atoms with Crippen LogP contribution < -0.4 is 11.2 Å². The zero-order chi connectivity index (χ0) is 18.2. The summed E-state index contributed by atoms with van der Waals surface area (Å²) in [4.78, 5) is 25.7. The lowest BCUT2D eigenvalue weighted by atomic mass is 10.2. The van der Waals surface area contributed by atoms with Crippen molar-refractivity contribution in [1.29, 1.82) is 0 Å². The molecule has 1 aromatic heterocycles. The Balaban J connectivity index is 2.02. The second kappa shape index (κ2) is 8.96. The molecule has 25 heavy (non-hydrogen) atoms. The molecule has 0 bridgehead atoms. The van der Waals surface area contributed by atoms with Gasteiger partial charge in [0, 0.05) is 11.8 Å². The molecule has 0 aliphatic heterocycles. The number of hydrogen-bond donors (Lipinski definition) is 1. The minimum absolute atomic E-state index is 0.278. The Labute approximate surface area is 146 Å². The van der Waals surface area contributed by atoms with E-state index in [1.54, 1.807) is 13.0 Å². The number of aromatic nitrogens is 2. The van der Waals surface area contributed by atoms with Crippen LogP contribution in [0.2, 0.25) is 0 Å². The molecule has 2 aromatic rings. The largest absolute Gasteiger partial charge is 0.374 e. The van der Waals surface area contributed by atoms with E-state index < -0.39 is 23.6 Å². The number of benzene rings is 1. The molecule has 6 heteroatoms. The van der Waals surface area contributed by atoms with Gasteiger partial charge >= 0.3 is 5.69 Å². The van der Waals surface area contributed by atoms with Gasteiger partial charge in [-0.3, -0.25) is 14.3 Å². The highest BCUT2D eigenvalue weighted by Gasteiger charge is 2.16. The van der Waals surface area contributed by atoms with E-state index in [1.807, 2.05) is 30.3 Å². The third kappa shape index (κ3) is 5.14. The fourth-order valence-corrected chi connectivity index (χ4v) is 2.22. The molecule has 2 rings (SSSR count). The van der Waals surface area contributed by atoms with Gasteiger partial charge in [-0.25, -0.2) is 4.79 Å². The molecule has 0 spiro atoms. The molecule has 0 saturated heterocycles. The van der Waals surface area contributed by atoms with Crippen molar-refractivity contribution in [1.82, 2.24) is 9.55 Å². The van der Waals surface area contributed by atoms with E-state index in [1.165, 1.54) is 16.8 Å². The van der Waals surface area contributed by atoms with Crippen molar-refractivity contribution in [2.24, 2.45) is 0 Å². The maximum absolute atomic E-state index is 12.0. The summed E-state index contributed by atoms with van der Waals surface area (Å²) in [6, 6.07) is 9.77. The number of H-pyrrole nitrogens is 1. The Morgan fingerprint density at radius 1 is 1.20 bits per heavy atom. The molecule has 1 N–H and O–H groups in total. The molecule has 1 aromatic carbocycles. The summed E-state index contributed by atoms with van der Waals surface area (Å²) in [5, 5.41) is 0. The zero-order valence-electron chi connectivity index (χ0n) is 14.2. The monoisotopic (exact) mass is 342 g/mol. The highest BCUT2D eigenvalue weighted by Crippen LogP contribution is 2.12. The summed E-state index contributed by atoms with van der Waals surface area (Å²) < 4.78 is 12.8. The number of aryl methyl sites for hydroxylation is 1. The van der Waals surface area contributed by atoms with Crippen molar-refractivity contribution in [3.05, 3.63) is 93.8 Å². The van der Waals surface area contributed by atoms with Crippen LogP contribution >= 0.6 is 0 Å². The molecule has 2 atom stereocenters. The van der Waals surface area contributed by atoms with Gasteiger partial charge in [-0.2, -0.15) is 0 Å². The Kier molecular flexibility index (Phi) is 6.68. The summed E-state index contributed by atoms with van der Waals surface area (Å²) in [5.41, 5.74) is 0.479. The number of rotatable bonds is 9. The fraction of sp³-hybridized carbons (Fsp3) is 0.263. The smallest absolute Gasteiger partial charge is 0.330 e. The predicted octanol–water partition coefficient (Wildman–Crippen LogP) is 2.32. The number of aromatic amines is 1. The first-order valence-corrected chi connectivity index (χ1v) is 7.89. The molecular formula is C19H22N2O4. The lowest BCUT2D eigenvalue weighted by Crippen LogP contribution is -2.35. The summed E-state index contributed by atoms with van der Waals surface area (Å²) in [6.45, 7) is 9.77. The van der Waals surface area contributed by atoms with Gasteiger partial charge in [-0.05, 0) is 18.6 Å². The summed E-state index contributed by atoms with van der Waals surface area (Å²) in [6.07, 6.45) is 3.34. The molecule has 132 valence electrons. The Hall–Kier alpha value is -2.70. The lowest BCUT2D eigenvalue weighted by Gasteiger charge is -2.22. The van der Waals surface area contributed by atoms with Crippen LogP contribution in [0, 0.1) is 6.92 Å². The minimum atomic E-state index is -0.744. The van der Waals surface area contributed by atoms with Crippen LogP contribution in [0.25, 0.3) is 0 Å². The standard InChI is InChI=1S/C19H22N2O4/c1-4-16(13-24-12-15-9-7-6-8-10-15)25-17(5-2)21-11-14(3)18(22)20-19(21)23/h4-11,16-17H,1-2,12-13H2,3H3,(H,20,22,23)/t16-,17+/m0/s1. The maximum Gasteiger partial charge on any atom is 0.330 e. The molecule has 0 amide bonds. The lowest BCUT2D eigenvalue weighted by molar-refractivity contribution is -0.0490. The van der Waals surface area contributed by atoms with Gasteiger partial charge in [0.1, 0.15) is 6.10 Å². The van der Waals surface area contributed by atoms with Gasteiger partial charge in [0.05, 0.1) is 13.2 Å². The van der Waals surface area contributed by atoms with Crippen molar-refractivity contribution in [2.75, 3.05) is 6.61 Å². The number of nitrogens with one attached hydrogen (secondary N) is 1. The normalized spacial score (nSPS) is 13.2. The second-order valence-electron chi connectivity index (χ2n) is 5.52. The fourth-order valence-electron chi connectivity index (χ4n) is 2.22. The second-order valence-corrected chi connectivity index (χ2v) is 5.52. The molecule has 0 saturated carbocycles. The molecule has 0 fully saturated rings. The number of hydrogen-bond acceptors (Lipinski definition) is 4. The SMILES string of the molecule is C=C[C@@H](COCc1ccccc1)O[C@H](C=C)n1cc(C)c(=O)[nH]c1=O. The minimum Gasteiger partial charge on any atom is -0.374 e. The van der Waals surface area contributed by atoms with E-state index in [0.29, 0.717) is 12.2 Å². The zero-order valence-corrected chi connectivity index (χ0v) is 14.2. The van der Waals surface area contributed by atoms with E-state index in [0.717, 1.165) is 5.56 Å². The van der Waals surface area contributed by atoms with Crippen molar-refractivity contribution in [2.45, 2.75) is 25.9 Å². The number of ether oxygens (including phenoxy) is 2. The average Bonchev–Trinajstić information content (AvgIpc) is 2.62. The third-order valence-corrected chi connectivity index (χ3v) is 3.59. The topological polar surface area (TPSA) is 73.3 Å². The highest BCUT2D eigenvalue weighted by molar-refractivity contribution is 5.13. The van der Waals surface area contributed by atoms with E-state index in [2.05, 4.69) is 18.1 Å². The first-order chi connectivity index (χ1) is 12.0. The van der Waals surface area contributed by atoms with Crippen molar-refractivity contribution < 1.29 is 9.47 Å². The molecule has 0 unspecified atom stereocenters. The van der Waals surface area contributed by atoms with E-state index in [9.17, 15) is 9.59 Å². The van der Waals surface area contributed by atoms with Crippen molar-refractivity contribution in [3.8, 4) is 0 Å². The van der Waals surface area contributed by atoms with E-state index >= 15 is 0 Å². The Morgan fingerprint density at radius 3 is 2.56 bits per heavy atom. The molecule has 0 radical (unpaired) electrons. The van der Waals surface area contributed by atoms with Gasteiger partial charge in [-0.1, -0.05) is 43.0 Å². The summed E-state index contributed by atoms with van der Waals surface area (Å²) >= 11 is 0. The van der Waals surface area contributed by atoms with Crippen LogP contribution in [0.15, 0.2) is 71.4 Å². The molecular weight excluding hydrogens is 320 g/mol. The van der Waals surface area contributed by atoms with Gasteiger partial charge in [0.25, 0.3) is 5.56 Å². The third-order valence-electron chi connectivity index (χ3n) is 3.59. The Bertz CT molecular complexity index is 823. The maximum atomic E-state index is 12.0. The first-order valence-electron chi connectivity index (χ1n) is 7.89. The molecule has 0 aliphatic rings. The van der Waals surface area contributed by atoms with Crippen molar-refractivity contribution in [3.63, 3.8) is 0 Å². The summed E-state index contributed by atoms with van der Waals surface area (Å²) in [7, 11) is 0. The number of nitrogens with zero attached hydrogens (tertiary/aromatic N) is 1. The van der Waals surface area contributed by atoms with Crippen LogP contribution in [0.5, 0.6) is 0 Å². The van der Waals surface area contributed by atoms with Crippen LogP contribution in [0.4, 0.5) is 0 Å². The molecule has 1 heterocycles. The van der Waals surface area contributed by atoms with Crippen LogP contribution in [0.3, 0.4) is 0 Å². The van der Waals surface area contributed by atoms with Gasteiger partial charge < -0.3 is 9.47 Å². The van der Waals surface area contributed by atoms with Crippen molar-refractivity contribution >= 4 is 0 Å². The van der Waals surface area contributed by atoms with Crippen LogP contribution in [0.1, 0.15) is 17.4 Å².